The molecule has 2 atom stereocenters. The molecule has 1 aliphatic heterocycles. The van der Waals surface area contributed by atoms with Gasteiger partial charge in [0.15, 0.2) is 0 Å². The van der Waals surface area contributed by atoms with Gasteiger partial charge in [0.2, 0.25) is 5.91 Å². The van der Waals surface area contributed by atoms with Crippen LogP contribution in [-0.2, 0) is 4.79 Å². The number of fused-ring (bicyclic) bond motifs is 1. The maximum absolute atomic E-state index is 12.3. The smallest absolute Gasteiger partial charge is 0.237 e. The predicted molar refractivity (Wildman–Crippen MR) is 85.1 cm³/mol. The van der Waals surface area contributed by atoms with E-state index in [1.165, 1.54) is 4.90 Å². The lowest BCUT2D eigenvalue weighted by molar-refractivity contribution is -0.125. The topological polar surface area (TPSA) is 55.1 Å². The first-order valence-electron chi connectivity index (χ1n) is 6.77. The summed E-state index contributed by atoms with van der Waals surface area (Å²) in [7, 11) is 0. The summed E-state index contributed by atoms with van der Waals surface area (Å²) < 4.78 is 0. The third kappa shape index (κ3) is 3.48. The third-order valence-corrected chi connectivity index (χ3v) is 4.90. The van der Waals surface area contributed by atoms with E-state index >= 15 is 0 Å². The summed E-state index contributed by atoms with van der Waals surface area (Å²) in [5.74, 6) is 0.893. The monoisotopic (exact) mass is 312 g/mol. The second kappa shape index (κ2) is 5.96. The molecule has 0 radical (unpaired) electrons. The lowest BCUT2D eigenvalue weighted by Gasteiger charge is -2.31. The fourth-order valence-corrected chi connectivity index (χ4v) is 3.46. The van der Waals surface area contributed by atoms with E-state index in [1.54, 1.807) is 11.8 Å². The Kier molecular flexibility index (Phi) is 4.67. The SMILES string of the molecule is CC(C)(C)C(N)C(=O)NC1CCSc2ccc(Cl)cc21. The first kappa shape index (κ1) is 15.7. The molecular weight excluding hydrogens is 292 g/mol. The first-order valence-corrected chi connectivity index (χ1v) is 8.13. The molecule has 1 aromatic rings. The van der Waals surface area contributed by atoms with Gasteiger partial charge in [-0.1, -0.05) is 32.4 Å². The van der Waals surface area contributed by atoms with Crippen LogP contribution in [-0.4, -0.2) is 17.7 Å². The van der Waals surface area contributed by atoms with E-state index in [1.807, 2.05) is 39.0 Å². The van der Waals surface area contributed by atoms with Crippen LogP contribution in [0.4, 0.5) is 0 Å². The molecule has 0 saturated heterocycles. The number of carbonyl (C=O) groups is 1. The molecule has 3 N–H and O–H groups in total. The van der Waals surface area contributed by atoms with Crippen LogP contribution in [0.2, 0.25) is 5.02 Å². The number of halogens is 1. The van der Waals surface area contributed by atoms with Crippen LogP contribution in [0.5, 0.6) is 0 Å². The van der Waals surface area contributed by atoms with E-state index < -0.39 is 6.04 Å². The summed E-state index contributed by atoms with van der Waals surface area (Å²) in [6.07, 6.45) is 0.903. The molecule has 1 heterocycles. The van der Waals surface area contributed by atoms with Crippen molar-refractivity contribution in [2.24, 2.45) is 11.1 Å². The van der Waals surface area contributed by atoms with Crippen molar-refractivity contribution in [2.75, 3.05) is 5.75 Å². The van der Waals surface area contributed by atoms with E-state index in [4.69, 9.17) is 17.3 Å². The largest absolute Gasteiger partial charge is 0.348 e. The van der Waals surface area contributed by atoms with Crippen LogP contribution in [0.3, 0.4) is 0 Å². The molecule has 1 aromatic carbocycles. The molecule has 110 valence electrons. The zero-order chi connectivity index (χ0) is 14.9. The second-order valence-electron chi connectivity index (χ2n) is 6.22. The predicted octanol–water partition coefficient (Wildman–Crippen LogP) is 3.37. The van der Waals surface area contributed by atoms with Crippen LogP contribution in [0.15, 0.2) is 23.1 Å². The minimum absolute atomic E-state index is 0.00542. The van der Waals surface area contributed by atoms with E-state index in [0.717, 1.165) is 17.7 Å². The Morgan fingerprint density at radius 3 is 2.85 bits per heavy atom. The summed E-state index contributed by atoms with van der Waals surface area (Å²) in [5.41, 5.74) is 6.87. The summed E-state index contributed by atoms with van der Waals surface area (Å²) in [5, 5.41) is 3.77. The number of amides is 1. The van der Waals surface area contributed by atoms with Gasteiger partial charge in [-0.2, -0.15) is 0 Å². The Labute approximate surface area is 129 Å². The maximum Gasteiger partial charge on any atom is 0.237 e. The van der Waals surface area contributed by atoms with Crippen LogP contribution < -0.4 is 11.1 Å². The van der Waals surface area contributed by atoms with Gasteiger partial charge in [-0.3, -0.25) is 4.79 Å². The number of nitrogens with two attached hydrogens (primary N) is 1. The number of rotatable bonds is 2. The molecule has 0 aromatic heterocycles. The van der Waals surface area contributed by atoms with Gasteiger partial charge >= 0.3 is 0 Å². The highest BCUT2D eigenvalue weighted by atomic mass is 35.5. The van der Waals surface area contributed by atoms with Gasteiger partial charge in [-0.25, -0.2) is 0 Å². The third-order valence-electron chi connectivity index (χ3n) is 3.54. The minimum Gasteiger partial charge on any atom is -0.348 e. The van der Waals surface area contributed by atoms with Crippen molar-refractivity contribution in [3.63, 3.8) is 0 Å². The average molecular weight is 313 g/mol. The van der Waals surface area contributed by atoms with Crippen LogP contribution >= 0.6 is 23.4 Å². The molecule has 2 rings (SSSR count). The van der Waals surface area contributed by atoms with Gasteiger partial charge in [0.1, 0.15) is 0 Å². The standard InChI is InChI=1S/C15H21ClN2OS/c1-15(2,3)13(17)14(19)18-11-6-7-20-12-5-4-9(16)8-10(11)12/h4-5,8,11,13H,6-7,17H2,1-3H3,(H,18,19). The maximum atomic E-state index is 12.3. The van der Waals surface area contributed by atoms with Crippen LogP contribution in [0.1, 0.15) is 38.8 Å². The molecule has 2 unspecified atom stereocenters. The van der Waals surface area contributed by atoms with Crippen molar-refractivity contribution in [1.82, 2.24) is 5.32 Å². The van der Waals surface area contributed by atoms with Crippen molar-refractivity contribution < 1.29 is 4.79 Å². The summed E-state index contributed by atoms with van der Waals surface area (Å²) in [6, 6.07) is 5.34. The summed E-state index contributed by atoms with van der Waals surface area (Å²) in [4.78, 5) is 13.5. The molecule has 1 amide bonds. The van der Waals surface area contributed by atoms with Crippen molar-refractivity contribution in [2.45, 2.75) is 44.2 Å². The number of carbonyl (C=O) groups excluding carboxylic acids is 1. The molecule has 3 nitrogen and oxygen atoms in total. The molecular formula is C15H21ClN2OS. The van der Waals surface area contributed by atoms with Crippen LogP contribution in [0, 0.1) is 5.41 Å². The fraction of sp³-hybridized carbons (Fsp3) is 0.533. The molecule has 0 bridgehead atoms. The lowest BCUT2D eigenvalue weighted by atomic mass is 9.86. The average Bonchev–Trinajstić information content (AvgIpc) is 2.37. The van der Waals surface area contributed by atoms with Gasteiger partial charge in [0.05, 0.1) is 12.1 Å². The number of thioether (sulfide) groups is 1. The zero-order valence-corrected chi connectivity index (χ0v) is 13.6. The highest BCUT2D eigenvalue weighted by Crippen LogP contribution is 2.37. The first-order chi connectivity index (χ1) is 9.29. The second-order valence-corrected chi connectivity index (χ2v) is 7.80. The number of hydrogen-bond donors (Lipinski definition) is 2. The Morgan fingerprint density at radius 1 is 1.50 bits per heavy atom. The van der Waals surface area contributed by atoms with Gasteiger partial charge in [-0.15, -0.1) is 11.8 Å². The van der Waals surface area contributed by atoms with E-state index in [2.05, 4.69) is 5.32 Å². The van der Waals surface area contributed by atoms with Crippen molar-refractivity contribution in [3.8, 4) is 0 Å². The highest BCUT2D eigenvalue weighted by Gasteiger charge is 2.30. The molecule has 0 fully saturated rings. The summed E-state index contributed by atoms with van der Waals surface area (Å²) >= 11 is 7.87. The number of nitrogens with one attached hydrogen (secondary N) is 1. The van der Waals surface area contributed by atoms with E-state index in [-0.39, 0.29) is 17.4 Å². The summed E-state index contributed by atoms with van der Waals surface area (Å²) in [6.45, 7) is 5.91. The van der Waals surface area contributed by atoms with Crippen molar-refractivity contribution in [3.05, 3.63) is 28.8 Å². The van der Waals surface area contributed by atoms with Crippen LogP contribution in [0.25, 0.3) is 0 Å². The Hall–Kier alpha value is -0.710. The molecule has 0 saturated carbocycles. The van der Waals surface area contributed by atoms with E-state index in [0.29, 0.717) is 5.02 Å². The quantitative estimate of drug-likeness (QED) is 0.880. The molecule has 0 aliphatic carbocycles. The number of hydrogen-bond acceptors (Lipinski definition) is 3. The Balaban J connectivity index is 2.16. The fourth-order valence-electron chi connectivity index (χ4n) is 2.17. The molecule has 20 heavy (non-hydrogen) atoms. The Morgan fingerprint density at radius 2 is 2.20 bits per heavy atom. The van der Waals surface area contributed by atoms with Gasteiger partial charge in [0.25, 0.3) is 0 Å². The van der Waals surface area contributed by atoms with E-state index in [9.17, 15) is 4.79 Å². The molecule has 0 spiro atoms. The molecule has 5 heteroatoms. The van der Waals surface area contributed by atoms with Crippen molar-refractivity contribution in [1.29, 1.82) is 0 Å². The van der Waals surface area contributed by atoms with Crippen molar-refractivity contribution >= 4 is 29.3 Å². The van der Waals surface area contributed by atoms with Gasteiger partial charge in [-0.05, 0) is 35.6 Å². The molecule has 1 aliphatic rings. The highest BCUT2D eigenvalue weighted by molar-refractivity contribution is 7.99. The van der Waals surface area contributed by atoms with Gasteiger partial charge < -0.3 is 11.1 Å². The number of benzene rings is 1. The van der Waals surface area contributed by atoms with Gasteiger partial charge in [0, 0.05) is 15.7 Å². The minimum atomic E-state index is -0.514. The Bertz CT molecular complexity index is 513. The normalized spacial score (nSPS) is 20.1. The zero-order valence-electron chi connectivity index (χ0n) is 12.1. The lowest BCUT2D eigenvalue weighted by Crippen LogP contribution is -2.49.